The molecule has 1 aromatic heterocycles. The number of hydrogen-bond acceptors (Lipinski definition) is 2. The Hall–Kier alpha value is -0.610. The molecule has 1 aromatic rings. The summed E-state index contributed by atoms with van der Waals surface area (Å²) in [5.74, 6) is 0. The number of halogens is 2. The summed E-state index contributed by atoms with van der Waals surface area (Å²) >= 11 is 5.77. The summed E-state index contributed by atoms with van der Waals surface area (Å²) in [6.07, 6.45) is 1.59. The van der Waals surface area contributed by atoms with Gasteiger partial charge in [0.1, 0.15) is 12.4 Å². The molecule has 68 valence electrons. The van der Waals surface area contributed by atoms with E-state index in [9.17, 15) is 4.39 Å². The van der Waals surface area contributed by atoms with Crippen molar-refractivity contribution in [2.75, 3.05) is 13.8 Å². The topological polar surface area (TPSA) is 27.1 Å². The fourth-order valence-electron chi connectivity index (χ4n) is 0.873. The third-order valence-electron chi connectivity index (χ3n) is 1.38. The van der Waals surface area contributed by atoms with Crippen LogP contribution in [0.4, 0.5) is 4.39 Å². The van der Waals surface area contributed by atoms with Crippen LogP contribution in [0.1, 0.15) is 5.69 Å². The first-order valence-corrected chi connectivity index (χ1v) is 3.92. The van der Waals surface area contributed by atoms with Gasteiger partial charge in [-0.05, 0) is 0 Å². The molecular formula is C7H10ClFN2O. The van der Waals surface area contributed by atoms with E-state index in [4.69, 9.17) is 16.3 Å². The Kier molecular flexibility index (Phi) is 3.49. The summed E-state index contributed by atoms with van der Waals surface area (Å²) in [5, 5.41) is 4.53. The lowest BCUT2D eigenvalue weighted by atomic mass is 10.5. The molecule has 0 aliphatic rings. The van der Waals surface area contributed by atoms with Crippen LogP contribution in [0.15, 0.2) is 6.20 Å². The van der Waals surface area contributed by atoms with E-state index >= 15 is 0 Å². The van der Waals surface area contributed by atoms with E-state index in [2.05, 4.69) is 5.10 Å². The first-order valence-electron chi connectivity index (χ1n) is 3.54. The van der Waals surface area contributed by atoms with Crippen LogP contribution in [0.3, 0.4) is 0 Å². The largest absolute Gasteiger partial charge is 0.378 e. The summed E-state index contributed by atoms with van der Waals surface area (Å²) < 4.78 is 18.2. The van der Waals surface area contributed by atoms with Crippen molar-refractivity contribution in [2.45, 2.75) is 13.2 Å². The van der Waals surface area contributed by atoms with Gasteiger partial charge in [0.05, 0.1) is 18.2 Å². The number of aryl methyl sites for hydroxylation is 1. The summed E-state index contributed by atoms with van der Waals surface area (Å²) in [6.45, 7) is 0.159. The quantitative estimate of drug-likeness (QED) is 0.726. The third kappa shape index (κ3) is 2.19. The van der Waals surface area contributed by atoms with Crippen LogP contribution in [0.2, 0.25) is 5.02 Å². The average molecular weight is 193 g/mol. The number of methoxy groups -OCH3 is 1. The number of aromatic nitrogens is 2. The van der Waals surface area contributed by atoms with Gasteiger partial charge in [0, 0.05) is 13.3 Å². The molecule has 0 unspecified atom stereocenters. The molecule has 5 heteroatoms. The van der Waals surface area contributed by atoms with Gasteiger partial charge in [-0.2, -0.15) is 5.10 Å². The highest BCUT2D eigenvalue weighted by Crippen LogP contribution is 2.14. The summed E-state index contributed by atoms with van der Waals surface area (Å²) in [6, 6.07) is 0. The van der Waals surface area contributed by atoms with E-state index < -0.39 is 6.67 Å². The maximum atomic E-state index is 11.9. The van der Waals surface area contributed by atoms with Crippen molar-refractivity contribution in [2.24, 2.45) is 0 Å². The second-order valence-corrected chi connectivity index (χ2v) is 2.72. The first-order chi connectivity index (χ1) is 5.77. The van der Waals surface area contributed by atoms with Gasteiger partial charge in [-0.1, -0.05) is 11.6 Å². The van der Waals surface area contributed by atoms with Crippen molar-refractivity contribution < 1.29 is 9.13 Å². The molecule has 0 saturated carbocycles. The summed E-state index contributed by atoms with van der Waals surface area (Å²) in [7, 11) is 1.56. The zero-order valence-electron chi connectivity index (χ0n) is 6.76. The molecule has 0 spiro atoms. The molecule has 0 N–H and O–H groups in total. The molecule has 0 aliphatic heterocycles. The van der Waals surface area contributed by atoms with Crippen molar-refractivity contribution in [1.29, 1.82) is 0 Å². The van der Waals surface area contributed by atoms with Crippen molar-refractivity contribution in [3.8, 4) is 0 Å². The van der Waals surface area contributed by atoms with Crippen LogP contribution >= 0.6 is 11.6 Å². The number of ether oxygens (including phenoxy) is 1. The Morgan fingerprint density at radius 1 is 1.75 bits per heavy atom. The first kappa shape index (κ1) is 9.48. The monoisotopic (exact) mass is 192 g/mol. The highest BCUT2D eigenvalue weighted by molar-refractivity contribution is 6.31. The molecule has 12 heavy (non-hydrogen) atoms. The smallest absolute Gasteiger partial charge is 0.109 e. The molecule has 0 atom stereocenters. The third-order valence-corrected chi connectivity index (χ3v) is 1.70. The number of hydrogen-bond donors (Lipinski definition) is 0. The highest BCUT2D eigenvalue weighted by Gasteiger charge is 2.05. The fourth-order valence-corrected chi connectivity index (χ4v) is 1.08. The van der Waals surface area contributed by atoms with E-state index in [1.807, 2.05) is 0 Å². The lowest BCUT2D eigenvalue weighted by molar-refractivity contribution is 0.180. The normalized spacial score (nSPS) is 10.6. The minimum absolute atomic E-state index is 0.240. The Bertz CT molecular complexity index is 252. The SMILES string of the molecule is COCc1nn(CCF)cc1Cl. The van der Waals surface area contributed by atoms with E-state index in [1.165, 1.54) is 4.68 Å². The van der Waals surface area contributed by atoms with Crippen molar-refractivity contribution in [1.82, 2.24) is 9.78 Å². The zero-order chi connectivity index (χ0) is 8.97. The number of rotatable bonds is 4. The summed E-state index contributed by atoms with van der Waals surface area (Å²) in [4.78, 5) is 0. The summed E-state index contributed by atoms with van der Waals surface area (Å²) in [5.41, 5.74) is 0.646. The van der Waals surface area contributed by atoms with Gasteiger partial charge in [-0.15, -0.1) is 0 Å². The lowest BCUT2D eigenvalue weighted by Crippen LogP contribution is -2.01. The molecule has 0 aromatic carbocycles. The standard InChI is InChI=1S/C7H10ClFN2O/c1-12-5-7-6(8)4-11(10-7)3-2-9/h4H,2-3,5H2,1H3. The van der Waals surface area contributed by atoms with Gasteiger partial charge in [0.25, 0.3) is 0 Å². The molecule has 0 saturated heterocycles. The zero-order valence-corrected chi connectivity index (χ0v) is 7.51. The second-order valence-electron chi connectivity index (χ2n) is 2.31. The van der Waals surface area contributed by atoms with Gasteiger partial charge in [-0.3, -0.25) is 4.68 Å². The van der Waals surface area contributed by atoms with Crippen LogP contribution in [0.25, 0.3) is 0 Å². The van der Waals surface area contributed by atoms with Crippen molar-refractivity contribution in [3.05, 3.63) is 16.9 Å². The van der Waals surface area contributed by atoms with Crippen LogP contribution in [-0.2, 0) is 17.9 Å². The van der Waals surface area contributed by atoms with Gasteiger partial charge >= 0.3 is 0 Å². The highest BCUT2D eigenvalue weighted by atomic mass is 35.5. The number of nitrogens with zero attached hydrogens (tertiary/aromatic N) is 2. The molecule has 0 radical (unpaired) electrons. The van der Waals surface area contributed by atoms with Crippen LogP contribution in [0.5, 0.6) is 0 Å². The van der Waals surface area contributed by atoms with Gasteiger partial charge in [0.2, 0.25) is 0 Å². The molecule has 1 heterocycles. The molecule has 0 fully saturated rings. The predicted molar refractivity (Wildman–Crippen MR) is 43.9 cm³/mol. The van der Waals surface area contributed by atoms with Gasteiger partial charge in [0.15, 0.2) is 0 Å². The molecular weight excluding hydrogens is 183 g/mol. The molecule has 0 amide bonds. The Morgan fingerprint density at radius 3 is 3.08 bits per heavy atom. The van der Waals surface area contributed by atoms with Gasteiger partial charge < -0.3 is 4.74 Å². The fraction of sp³-hybridized carbons (Fsp3) is 0.571. The minimum atomic E-state index is -0.440. The van der Waals surface area contributed by atoms with Crippen LogP contribution < -0.4 is 0 Å². The molecule has 0 aliphatic carbocycles. The minimum Gasteiger partial charge on any atom is -0.378 e. The Morgan fingerprint density at radius 2 is 2.50 bits per heavy atom. The van der Waals surface area contributed by atoms with Crippen LogP contribution in [-0.4, -0.2) is 23.6 Å². The molecule has 0 bridgehead atoms. The predicted octanol–water partition coefficient (Wildman–Crippen LogP) is 1.65. The van der Waals surface area contributed by atoms with Gasteiger partial charge in [-0.25, -0.2) is 4.39 Å². The van der Waals surface area contributed by atoms with Crippen LogP contribution in [0, 0.1) is 0 Å². The average Bonchev–Trinajstić information content (AvgIpc) is 2.34. The van der Waals surface area contributed by atoms with E-state index in [0.29, 0.717) is 17.3 Å². The Balaban J connectivity index is 2.70. The van der Waals surface area contributed by atoms with Crippen molar-refractivity contribution in [3.63, 3.8) is 0 Å². The maximum absolute atomic E-state index is 11.9. The molecule has 1 rings (SSSR count). The van der Waals surface area contributed by atoms with E-state index in [1.54, 1.807) is 13.3 Å². The van der Waals surface area contributed by atoms with E-state index in [-0.39, 0.29) is 6.54 Å². The van der Waals surface area contributed by atoms with E-state index in [0.717, 1.165) is 0 Å². The molecule has 3 nitrogen and oxygen atoms in total. The maximum Gasteiger partial charge on any atom is 0.109 e. The van der Waals surface area contributed by atoms with Crippen molar-refractivity contribution >= 4 is 11.6 Å². The Labute approximate surface area is 75.1 Å². The second kappa shape index (κ2) is 4.42. The number of alkyl halides is 1. The lowest BCUT2D eigenvalue weighted by Gasteiger charge is -1.94.